The van der Waals surface area contributed by atoms with E-state index in [9.17, 15) is 9.59 Å². The molecule has 1 aromatic heterocycles. The van der Waals surface area contributed by atoms with Crippen LogP contribution in [0.3, 0.4) is 0 Å². The molecule has 6 heteroatoms. The minimum Gasteiger partial charge on any atom is -0.368 e. The summed E-state index contributed by atoms with van der Waals surface area (Å²) in [5, 5.41) is 0.465. The molecule has 0 saturated carbocycles. The fourth-order valence-electron chi connectivity index (χ4n) is 1.41. The van der Waals surface area contributed by atoms with Crippen molar-refractivity contribution < 1.29 is 4.79 Å². The van der Waals surface area contributed by atoms with Crippen LogP contribution in [0.4, 0.5) is 0 Å². The van der Waals surface area contributed by atoms with Crippen molar-refractivity contribution in [3.8, 4) is 0 Å². The van der Waals surface area contributed by atoms with Gasteiger partial charge < -0.3 is 5.73 Å². The first-order chi connectivity index (χ1) is 7.58. The van der Waals surface area contributed by atoms with Gasteiger partial charge in [0.25, 0.3) is 5.56 Å². The molecule has 5 nitrogen and oxygen atoms in total. The van der Waals surface area contributed by atoms with Gasteiger partial charge in [0, 0.05) is 4.47 Å². The Morgan fingerprint density at radius 2 is 2.25 bits per heavy atom. The van der Waals surface area contributed by atoms with Gasteiger partial charge in [0.05, 0.1) is 17.2 Å². The maximum absolute atomic E-state index is 11.9. The molecule has 0 bridgehead atoms. The Hall–Kier alpha value is -1.69. The molecule has 2 aromatic rings. The number of hydrogen-bond donors (Lipinski definition) is 1. The lowest BCUT2D eigenvalue weighted by Gasteiger charge is -2.03. The molecule has 0 aliphatic carbocycles. The summed E-state index contributed by atoms with van der Waals surface area (Å²) in [6, 6.07) is 5.15. The van der Waals surface area contributed by atoms with Crippen molar-refractivity contribution in [2.24, 2.45) is 5.73 Å². The smallest absolute Gasteiger partial charge is 0.261 e. The second-order valence-corrected chi connectivity index (χ2v) is 4.22. The van der Waals surface area contributed by atoms with Crippen molar-refractivity contribution in [1.82, 2.24) is 9.55 Å². The molecule has 16 heavy (non-hydrogen) atoms. The first-order valence-electron chi connectivity index (χ1n) is 4.51. The summed E-state index contributed by atoms with van der Waals surface area (Å²) >= 11 is 3.29. The molecule has 0 fully saturated rings. The van der Waals surface area contributed by atoms with E-state index in [1.165, 1.54) is 10.9 Å². The highest BCUT2D eigenvalue weighted by Crippen LogP contribution is 2.14. The van der Waals surface area contributed by atoms with Crippen LogP contribution in [0.2, 0.25) is 0 Å². The highest BCUT2D eigenvalue weighted by Gasteiger charge is 2.05. The van der Waals surface area contributed by atoms with Crippen molar-refractivity contribution in [3.63, 3.8) is 0 Å². The van der Waals surface area contributed by atoms with Crippen LogP contribution in [-0.4, -0.2) is 15.5 Å². The minimum atomic E-state index is -0.569. The number of amides is 1. The summed E-state index contributed by atoms with van der Waals surface area (Å²) in [7, 11) is 0. The lowest BCUT2D eigenvalue weighted by molar-refractivity contribution is -0.118. The number of nitrogens with zero attached hydrogens (tertiary/aromatic N) is 2. The van der Waals surface area contributed by atoms with E-state index in [0.29, 0.717) is 10.9 Å². The average molecular weight is 282 g/mol. The van der Waals surface area contributed by atoms with Gasteiger partial charge in [-0.15, -0.1) is 0 Å². The van der Waals surface area contributed by atoms with Crippen LogP contribution in [0.25, 0.3) is 10.9 Å². The number of hydrogen-bond acceptors (Lipinski definition) is 3. The molecule has 0 atom stereocenters. The predicted molar refractivity (Wildman–Crippen MR) is 62.9 cm³/mol. The lowest BCUT2D eigenvalue weighted by Crippen LogP contribution is -2.28. The van der Waals surface area contributed by atoms with Crippen LogP contribution in [-0.2, 0) is 11.3 Å². The van der Waals surface area contributed by atoms with Crippen molar-refractivity contribution in [1.29, 1.82) is 0 Å². The van der Waals surface area contributed by atoms with Gasteiger partial charge >= 0.3 is 0 Å². The number of primary amides is 1. The maximum atomic E-state index is 11.9. The molecule has 2 rings (SSSR count). The Morgan fingerprint density at radius 3 is 2.94 bits per heavy atom. The molecule has 1 aromatic carbocycles. The van der Waals surface area contributed by atoms with Crippen molar-refractivity contribution in [2.75, 3.05) is 0 Å². The zero-order valence-electron chi connectivity index (χ0n) is 8.18. The van der Waals surface area contributed by atoms with Gasteiger partial charge in [0.2, 0.25) is 5.91 Å². The summed E-state index contributed by atoms with van der Waals surface area (Å²) in [6.07, 6.45) is 1.32. The molecule has 2 N–H and O–H groups in total. The highest BCUT2D eigenvalue weighted by molar-refractivity contribution is 9.10. The predicted octanol–water partition coefficient (Wildman–Crippen LogP) is 0.644. The summed E-state index contributed by atoms with van der Waals surface area (Å²) < 4.78 is 2.04. The van der Waals surface area contributed by atoms with Gasteiger partial charge in [-0.1, -0.05) is 15.9 Å². The van der Waals surface area contributed by atoms with Gasteiger partial charge in [-0.2, -0.15) is 0 Å². The van der Waals surface area contributed by atoms with Gasteiger partial charge in [0.1, 0.15) is 6.54 Å². The molecule has 0 aliphatic heterocycles. The molecule has 0 aliphatic rings. The number of fused-ring (bicyclic) bond motifs is 1. The number of carbonyl (C=O) groups excluding carboxylic acids is 1. The Balaban J connectivity index is 2.66. The Labute approximate surface area is 99.0 Å². The highest BCUT2D eigenvalue weighted by atomic mass is 79.9. The van der Waals surface area contributed by atoms with E-state index >= 15 is 0 Å². The molecule has 0 unspecified atom stereocenters. The number of carbonyl (C=O) groups is 1. The van der Waals surface area contributed by atoms with E-state index in [-0.39, 0.29) is 12.1 Å². The molecular weight excluding hydrogens is 274 g/mol. The largest absolute Gasteiger partial charge is 0.368 e. The monoisotopic (exact) mass is 281 g/mol. The second kappa shape index (κ2) is 4.05. The Morgan fingerprint density at radius 1 is 1.50 bits per heavy atom. The van der Waals surface area contributed by atoms with Gasteiger partial charge in [0.15, 0.2) is 0 Å². The van der Waals surface area contributed by atoms with Crippen LogP contribution >= 0.6 is 15.9 Å². The topological polar surface area (TPSA) is 78.0 Å². The van der Waals surface area contributed by atoms with Crippen LogP contribution in [0.15, 0.2) is 33.8 Å². The third-order valence-corrected chi connectivity index (χ3v) is 2.61. The van der Waals surface area contributed by atoms with E-state index in [1.807, 2.05) is 0 Å². The number of nitrogens with two attached hydrogens (primary N) is 1. The molecule has 0 radical (unpaired) electrons. The van der Waals surface area contributed by atoms with E-state index in [1.54, 1.807) is 18.2 Å². The fourth-order valence-corrected chi connectivity index (χ4v) is 1.76. The number of halogens is 1. The Kier molecular flexibility index (Phi) is 2.74. The zero-order chi connectivity index (χ0) is 11.7. The first-order valence-corrected chi connectivity index (χ1v) is 5.30. The molecular formula is C10H8BrN3O2. The van der Waals surface area contributed by atoms with E-state index in [4.69, 9.17) is 5.73 Å². The molecule has 0 spiro atoms. The molecule has 82 valence electrons. The number of rotatable bonds is 2. The summed E-state index contributed by atoms with van der Waals surface area (Å²) in [5.74, 6) is -0.569. The summed E-state index contributed by atoms with van der Waals surface area (Å²) in [6.45, 7) is -0.155. The molecule has 1 amide bonds. The molecule has 0 saturated heterocycles. The maximum Gasteiger partial charge on any atom is 0.261 e. The lowest BCUT2D eigenvalue weighted by atomic mass is 10.2. The third kappa shape index (κ3) is 1.96. The second-order valence-electron chi connectivity index (χ2n) is 3.31. The average Bonchev–Trinajstić information content (AvgIpc) is 2.22. The normalized spacial score (nSPS) is 10.6. The van der Waals surface area contributed by atoms with Crippen LogP contribution in [0.1, 0.15) is 0 Å². The van der Waals surface area contributed by atoms with Crippen LogP contribution in [0, 0.1) is 0 Å². The van der Waals surface area contributed by atoms with Crippen molar-refractivity contribution in [3.05, 3.63) is 39.4 Å². The molecule has 1 heterocycles. The van der Waals surface area contributed by atoms with E-state index in [0.717, 1.165) is 4.47 Å². The van der Waals surface area contributed by atoms with Crippen LogP contribution in [0.5, 0.6) is 0 Å². The van der Waals surface area contributed by atoms with E-state index in [2.05, 4.69) is 20.9 Å². The zero-order valence-corrected chi connectivity index (χ0v) is 9.77. The fraction of sp³-hybridized carbons (Fsp3) is 0.100. The third-order valence-electron chi connectivity index (χ3n) is 2.11. The minimum absolute atomic E-state index is 0.155. The van der Waals surface area contributed by atoms with Crippen LogP contribution < -0.4 is 11.3 Å². The Bertz CT molecular complexity index is 621. The first kappa shape index (κ1) is 10.8. The SMILES string of the molecule is NC(=O)Cn1cnc2cc(Br)ccc2c1=O. The van der Waals surface area contributed by atoms with Gasteiger partial charge in [-0.05, 0) is 18.2 Å². The summed E-state index contributed by atoms with van der Waals surface area (Å²) in [4.78, 5) is 26.7. The van der Waals surface area contributed by atoms with E-state index < -0.39 is 5.91 Å². The number of benzene rings is 1. The quantitative estimate of drug-likeness (QED) is 0.878. The summed E-state index contributed by atoms with van der Waals surface area (Å²) in [5.41, 5.74) is 5.34. The van der Waals surface area contributed by atoms with Crippen molar-refractivity contribution in [2.45, 2.75) is 6.54 Å². The van der Waals surface area contributed by atoms with Crippen molar-refractivity contribution >= 4 is 32.7 Å². The van der Waals surface area contributed by atoms with Gasteiger partial charge in [-0.25, -0.2) is 4.98 Å². The standard InChI is InChI=1S/C10H8BrN3O2/c11-6-1-2-7-8(3-6)13-5-14(10(7)16)4-9(12)15/h1-3,5H,4H2,(H2,12,15). The number of aromatic nitrogens is 2. The van der Waals surface area contributed by atoms with Gasteiger partial charge in [-0.3, -0.25) is 14.2 Å².